The van der Waals surface area contributed by atoms with E-state index < -0.39 is 0 Å². The number of nitrogens with zero attached hydrogens (tertiary/aromatic N) is 1. The Morgan fingerprint density at radius 3 is 2.78 bits per heavy atom. The standard InChI is InChI=1S/C12H17BrClN3O/c1-12(2,11(15)17-18)5-6-16-8-3-4-9(13)10(14)7-8/h3-4,7,16,18H,5-6H2,1-2H3,(H2,15,17). The van der Waals surface area contributed by atoms with Crippen LogP contribution in [0.1, 0.15) is 20.3 Å². The predicted molar refractivity (Wildman–Crippen MR) is 79.4 cm³/mol. The number of benzene rings is 1. The van der Waals surface area contributed by atoms with Gasteiger partial charge in [-0.25, -0.2) is 0 Å². The van der Waals surface area contributed by atoms with Crippen molar-refractivity contribution in [3.63, 3.8) is 0 Å². The highest BCUT2D eigenvalue weighted by atomic mass is 79.9. The summed E-state index contributed by atoms with van der Waals surface area (Å²) in [5.41, 5.74) is 6.22. The molecular formula is C12H17BrClN3O. The molecule has 0 radical (unpaired) electrons. The molecule has 1 rings (SSSR count). The molecule has 4 nitrogen and oxygen atoms in total. The lowest BCUT2D eigenvalue weighted by atomic mass is 9.88. The summed E-state index contributed by atoms with van der Waals surface area (Å²) in [6.45, 7) is 4.57. The number of anilines is 1. The van der Waals surface area contributed by atoms with Gasteiger partial charge >= 0.3 is 0 Å². The number of nitrogens with one attached hydrogen (secondary N) is 1. The van der Waals surface area contributed by atoms with E-state index in [-0.39, 0.29) is 11.3 Å². The molecule has 0 spiro atoms. The van der Waals surface area contributed by atoms with Crippen LogP contribution in [0.4, 0.5) is 5.69 Å². The van der Waals surface area contributed by atoms with E-state index in [4.69, 9.17) is 22.5 Å². The molecule has 4 N–H and O–H groups in total. The molecule has 1 aromatic rings. The Bertz CT molecular complexity index is 449. The summed E-state index contributed by atoms with van der Waals surface area (Å²) < 4.78 is 0.867. The van der Waals surface area contributed by atoms with E-state index in [1.807, 2.05) is 32.0 Å². The fourth-order valence-corrected chi connectivity index (χ4v) is 1.82. The fourth-order valence-electron chi connectivity index (χ4n) is 1.39. The molecule has 0 aliphatic heterocycles. The summed E-state index contributed by atoms with van der Waals surface area (Å²) in [5, 5.41) is 15.6. The van der Waals surface area contributed by atoms with Gasteiger partial charge in [0, 0.05) is 22.1 Å². The molecule has 18 heavy (non-hydrogen) atoms. The molecule has 0 saturated carbocycles. The fraction of sp³-hybridized carbons (Fsp3) is 0.417. The number of amidine groups is 1. The zero-order chi connectivity index (χ0) is 13.8. The first-order chi connectivity index (χ1) is 8.36. The van der Waals surface area contributed by atoms with Crippen molar-refractivity contribution in [1.82, 2.24) is 0 Å². The van der Waals surface area contributed by atoms with E-state index in [0.29, 0.717) is 11.6 Å². The molecule has 0 aliphatic rings. The van der Waals surface area contributed by atoms with Gasteiger partial charge in [-0.1, -0.05) is 30.6 Å². The summed E-state index contributed by atoms with van der Waals surface area (Å²) in [5.74, 6) is 0.234. The summed E-state index contributed by atoms with van der Waals surface area (Å²) in [4.78, 5) is 0. The minimum Gasteiger partial charge on any atom is -0.409 e. The van der Waals surface area contributed by atoms with E-state index in [9.17, 15) is 0 Å². The van der Waals surface area contributed by atoms with Crippen molar-refractivity contribution in [2.24, 2.45) is 16.3 Å². The van der Waals surface area contributed by atoms with Crippen LogP contribution in [-0.4, -0.2) is 17.6 Å². The van der Waals surface area contributed by atoms with Gasteiger partial charge in [-0.15, -0.1) is 0 Å². The lowest BCUT2D eigenvalue weighted by molar-refractivity contribution is 0.306. The van der Waals surface area contributed by atoms with E-state index in [1.165, 1.54) is 0 Å². The quantitative estimate of drug-likeness (QED) is 0.333. The average Bonchev–Trinajstić information content (AvgIpc) is 2.32. The van der Waals surface area contributed by atoms with Gasteiger partial charge in [0.1, 0.15) is 5.84 Å². The van der Waals surface area contributed by atoms with E-state index >= 15 is 0 Å². The van der Waals surface area contributed by atoms with Crippen LogP contribution in [-0.2, 0) is 0 Å². The van der Waals surface area contributed by atoms with Crippen LogP contribution in [0.15, 0.2) is 27.8 Å². The Hall–Kier alpha value is -0.940. The van der Waals surface area contributed by atoms with Crippen LogP contribution in [0.25, 0.3) is 0 Å². The first-order valence-corrected chi connectivity index (χ1v) is 6.71. The van der Waals surface area contributed by atoms with Gasteiger partial charge in [-0.3, -0.25) is 0 Å². The minimum absolute atomic E-state index is 0.234. The lowest BCUT2D eigenvalue weighted by Gasteiger charge is -2.23. The number of nitrogens with two attached hydrogens (primary N) is 1. The maximum absolute atomic E-state index is 8.67. The number of hydrogen-bond donors (Lipinski definition) is 3. The molecule has 0 unspecified atom stereocenters. The first-order valence-electron chi connectivity index (χ1n) is 5.54. The Balaban J connectivity index is 2.54. The van der Waals surface area contributed by atoms with Crippen molar-refractivity contribution < 1.29 is 5.21 Å². The molecule has 0 heterocycles. The highest BCUT2D eigenvalue weighted by molar-refractivity contribution is 9.10. The molecule has 0 fully saturated rings. The molecule has 100 valence electrons. The van der Waals surface area contributed by atoms with Crippen LogP contribution >= 0.6 is 27.5 Å². The molecule has 0 atom stereocenters. The largest absolute Gasteiger partial charge is 0.409 e. The van der Waals surface area contributed by atoms with Crippen molar-refractivity contribution in [3.05, 3.63) is 27.7 Å². The van der Waals surface area contributed by atoms with Gasteiger partial charge < -0.3 is 16.3 Å². The molecule has 0 bridgehead atoms. The van der Waals surface area contributed by atoms with Crippen LogP contribution in [0.2, 0.25) is 5.02 Å². The molecule has 0 aromatic heterocycles. The Kier molecular flexibility index (Phi) is 5.28. The van der Waals surface area contributed by atoms with Crippen molar-refractivity contribution in [2.45, 2.75) is 20.3 Å². The maximum atomic E-state index is 8.67. The van der Waals surface area contributed by atoms with E-state index in [2.05, 4.69) is 26.4 Å². The zero-order valence-electron chi connectivity index (χ0n) is 10.4. The lowest BCUT2D eigenvalue weighted by Crippen LogP contribution is -2.33. The normalized spacial score (nSPS) is 12.6. The van der Waals surface area contributed by atoms with Crippen LogP contribution in [0, 0.1) is 5.41 Å². The molecule has 0 aliphatic carbocycles. The van der Waals surface area contributed by atoms with Gasteiger partial charge in [-0.05, 0) is 40.5 Å². The summed E-state index contributed by atoms with van der Waals surface area (Å²) in [6, 6.07) is 5.67. The van der Waals surface area contributed by atoms with Gasteiger partial charge in [-0.2, -0.15) is 0 Å². The van der Waals surface area contributed by atoms with Gasteiger partial charge in [0.25, 0.3) is 0 Å². The van der Waals surface area contributed by atoms with Crippen LogP contribution < -0.4 is 11.1 Å². The van der Waals surface area contributed by atoms with Crippen molar-refractivity contribution >= 4 is 39.1 Å². The van der Waals surface area contributed by atoms with Crippen LogP contribution in [0.5, 0.6) is 0 Å². The van der Waals surface area contributed by atoms with Crippen LogP contribution in [0.3, 0.4) is 0 Å². The smallest absolute Gasteiger partial charge is 0.144 e. The van der Waals surface area contributed by atoms with E-state index in [0.717, 1.165) is 16.6 Å². The Labute approximate surface area is 120 Å². The van der Waals surface area contributed by atoms with Crippen molar-refractivity contribution in [3.8, 4) is 0 Å². The number of oxime groups is 1. The monoisotopic (exact) mass is 333 g/mol. The number of halogens is 2. The average molecular weight is 335 g/mol. The highest BCUT2D eigenvalue weighted by Gasteiger charge is 2.22. The zero-order valence-corrected chi connectivity index (χ0v) is 12.7. The third-order valence-corrected chi connectivity index (χ3v) is 4.03. The molecule has 0 saturated heterocycles. The maximum Gasteiger partial charge on any atom is 0.144 e. The Morgan fingerprint density at radius 2 is 2.22 bits per heavy atom. The minimum atomic E-state index is -0.346. The molecule has 1 aromatic carbocycles. The number of hydrogen-bond acceptors (Lipinski definition) is 3. The molecule has 6 heteroatoms. The topological polar surface area (TPSA) is 70.6 Å². The summed E-state index contributed by atoms with van der Waals surface area (Å²) in [7, 11) is 0. The second-order valence-electron chi connectivity index (χ2n) is 4.67. The third kappa shape index (κ3) is 4.07. The second-order valence-corrected chi connectivity index (χ2v) is 5.94. The van der Waals surface area contributed by atoms with E-state index in [1.54, 1.807) is 0 Å². The SMILES string of the molecule is CC(C)(CCNc1ccc(Br)c(Cl)c1)/C(N)=N/O. The van der Waals surface area contributed by atoms with Gasteiger partial charge in [0.2, 0.25) is 0 Å². The summed E-state index contributed by atoms with van der Waals surface area (Å²) in [6.07, 6.45) is 0.747. The van der Waals surface area contributed by atoms with Crippen molar-refractivity contribution in [1.29, 1.82) is 0 Å². The van der Waals surface area contributed by atoms with Gasteiger partial charge in [0.15, 0.2) is 0 Å². The number of rotatable bonds is 5. The Morgan fingerprint density at radius 1 is 1.56 bits per heavy atom. The second kappa shape index (κ2) is 6.29. The highest BCUT2D eigenvalue weighted by Crippen LogP contribution is 2.26. The third-order valence-electron chi connectivity index (χ3n) is 2.80. The van der Waals surface area contributed by atoms with Gasteiger partial charge in [0.05, 0.1) is 5.02 Å². The predicted octanol–water partition coefficient (Wildman–Crippen LogP) is 3.68. The molecular weight excluding hydrogens is 318 g/mol. The summed E-state index contributed by atoms with van der Waals surface area (Å²) >= 11 is 9.33. The first kappa shape index (κ1) is 15.1. The molecule has 0 amide bonds. The van der Waals surface area contributed by atoms with Crippen molar-refractivity contribution in [2.75, 3.05) is 11.9 Å².